The molecule has 0 spiro atoms. The Balaban J connectivity index is 1.52. The Labute approximate surface area is 160 Å². The van der Waals surface area contributed by atoms with Gasteiger partial charge in [-0.2, -0.15) is 4.31 Å². The van der Waals surface area contributed by atoms with E-state index in [9.17, 15) is 13.2 Å². The second kappa shape index (κ2) is 6.91. The molecule has 1 saturated heterocycles. The molecule has 0 bridgehead atoms. The van der Waals surface area contributed by atoms with Gasteiger partial charge in [0.25, 0.3) is 0 Å². The predicted molar refractivity (Wildman–Crippen MR) is 97.8 cm³/mol. The number of ether oxygens (including phenoxy) is 2. The normalized spacial score (nSPS) is 17.9. The van der Waals surface area contributed by atoms with Crippen LogP contribution in [0.5, 0.6) is 11.8 Å². The topological polar surface area (TPSA) is 117 Å². The summed E-state index contributed by atoms with van der Waals surface area (Å²) in [6, 6.07) is 7.61. The Hall–Kier alpha value is -2.92. The molecule has 11 heteroatoms. The smallest absolute Gasteiger partial charge is 0.419 e. The highest BCUT2D eigenvalue weighted by atomic mass is 32.2. The molecular weight excluding hydrogens is 388 g/mol. The number of benzene rings is 1. The van der Waals surface area contributed by atoms with Gasteiger partial charge in [0.2, 0.25) is 21.8 Å². The molecule has 4 rings (SSSR count). The predicted octanol–water partition coefficient (Wildman–Crippen LogP) is 0.772. The highest BCUT2D eigenvalue weighted by molar-refractivity contribution is 7.89. The summed E-state index contributed by atoms with van der Waals surface area (Å²) < 4.78 is 44.3. The van der Waals surface area contributed by atoms with Gasteiger partial charge in [0.15, 0.2) is 5.58 Å². The highest BCUT2D eigenvalue weighted by Crippen LogP contribution is 2.26. The van der Waals surface area contributed by atoms with E-state index < -0.39 is 15.8 Å². The molecule has 1 atom stereocenters. The van der Waals surface area contributed by atoms with Crippen molar-refractivity contribution in [1.29, 1.82) is 0 Å². The molecule has 0 radical (unpaired) electrons. The Morgan fingerprint density at radius 3 is 2.64 bits per heavy atom. The van der Waals surface area contributed by atoms with Gasteiger partial charge < -0.3 is 13.9 Å². The van der Waals surface area contributed by atoms with E-state index in [1.807, 2.05) is 0 Å². The molecule has 0 amide bonds. The number of nitrogens with zero attached hydrogens (tertiary/aromatic N) is 4. The first-order chi connectivity index (χ1) is 13.4. The summed E-state index contributed by atoms with van der Waals surface area (Å²) in [5, 5.41) is 7.72. The van der Waals surface area contributed by atoms with Crippen molar-refractivity contribution < 1.29 is 22.3 Å². The fourth-order valence-electron chi connectivity index (χ4n) is 3.08. The SMILES string of the molecule is COc1ccc(OC2CCN(S(=O)(=O)c3ccc4oc(=O)n(C)c4c3)C2)nn1. The lowest BCUT2D eigenvalue weighted by molar-refractivity contribution is 0.203. The minimum Gasteiger partial charge on any atom is -0.480 e. The van der Waals surface area contributed by atoms with Crippen LogP contribution in [0.15, 0.2) is 44.4 Å². The van der Waals surface area contributed by atoms with Gasteiger partial charge >= 0.3 is 5.76 Å². The van der Waals surface area contributed by atoms with Gasteiger partial charge in [-0.25, -0.2) is 13.2 Å². The van der Waals surface area contributed by atoms with Gasteiger partial charge in [-0.3, -0.25) is 4.57 Å². The minimum atomic E-state index is -3.73. The number of sulfonamides is 1. The average Bonchev–Trinajstić information content (AvgIpc) is 3.27. The summed E-state index contributed by atoms with van der Waals surface area (Å²) in [6.45, 7) is 0.511. The largest absolute Gasteiger partial charge is 0.480 e. The van der Waals surface area contributed by atoms with Crippen LogP contribution in [0, 0.1) is 0 Å². The second-order valence-electron chi connectivity index (χ2n) is 6.36. The van der Waals surface area contributed by atoms with E-state index in [0.29, 0.717) is 35.8 Å². The summed E-state index contributed by atoms with van der Waals surface area (Å²) in [5.74, 6) is 0.131. The van der Waals surface area contributed by atoms with E-state index in [0.717, 1.165) is 0 Å². The number of hydrogen-bond acceptors (Lipinski definition) is 8. The molecule has 0 saturated carbocycles. The zero-order valence-electron chi connectivity index (χ0n) is 15.2. The molecule has 0 N–H and O–H groups in total. The Kier molecular flexibility index (Phi) is 4.55. The second-order valence-corrected chi connectivity index (χ2v) is 8.30. The number of aromatic nitrogens is 3. The number of rotatable bonds is 5. The number of hydrogen-bond donors (Lipinski definition) is 0. The molecule has 1 aromatic carbocycles. The zero-order valence-corrected chi connectivity index (χ0v) is 16.0. The van der Waals surface area contributed by atoms with Crippen LogP contribution in [0.1, 0.15) is 6.42 Å². The zero-order chi connectivity index (χ0) is 19.9. The molecule has 3 heterocycles. The number of methoxy groups -OCH3 is 1. The quantitative estimate of drug-likeness (QED) is 0.610. The van der Waals surface area contributed by atoms with Gasteiger partial charge in [-0.1, -0.05) is 0 Å². The molecule has 3 aromatic rings. The molecule has 28 heavy (non-hydrogen) atoms. The molecule has 1 aliphatic rings. The van der Waals surface area contributed by atoms with E-state index in [4.69, 9.17) is 13.9 Å². The van der Waals surface area contributed by atoms with E-state index in [1.165, 1.54) is 41.2 Å². The first-order valence-corrected chi connectivity index (χ1v) is 9.96. The van der Waals surface area contributed by atoms with Crippen LogP contribution < -0.4 is 15.2 Å². The first kappa shape index (κ1) is 18.4. The fourth-order valence-corrected chi connectivity index (χ4v) is 4.59. The lowest BCUT2D eigenvalue weighted by atomic mass is 10.3. The molecule has 0 aliphatic carbocycles. The molecule has 1 fully saturated rings. The maximum atomic E-state index is 13.0. The van der Waals surface area contributed by atoms with Crippen molar-refractivity contribution in [3.8, 4) is 11.8 Å². The third-order valence-electron chi connectivity index (χ3n) is 4.62. The van der Waals surface area contributed by atoms with E-state index in [-0.39, 0.29) is 17.5 Å². The van der Waals surface area contributed by atoms with Crippen LogP contribution in [0.2, 0.25) is 0 Å². The summed E-state index contributed by atoms with van der Waals surface area (Å²) in [6.07, 6.45) is 0.193. The molecule has 10 nitrogen and oxygen atoms in total. The summed E-state index contributed by atoms with van der Waals surface area (Å²) in [5.41, 5.74) is 0.763. The summed E-state index contributed by atoms with van der Waals surface area (Å²) in [7, 11) is -0.716. The van der Waals surface area contributed by atoms with Gasteiger partial charge in [-0.15, -0.1) is 10.2 Å². The maximum absolute atomic E-state index is 13.0. The van der Waals surface area contributed by atoms with Gasteiger partial charge in [0, 0.05) is 25.7 Å². The lowest BCUT2D eigenvalue weighted by Gasteiger charge is -2.17. The van der Waals surface area contributed by atoms with Gasteiger partial charge in [0.1, 0.15) is 6.10 Å². The van der Waals surface area contributed by atoms with Crippen molar-refractivity contribution >= 4 is 21.1 Å². The third-order valence-corrected chi connectivity index (χ3v) is 6.48. The number of fused-ring (bicyclic) bond motifs is 1. The third kappa shape index (κ3) is 3.22. The van der Waals surface area contributed by atoms with E-state index in [2.05, 4.69) is 10.2 Å². The molecule has 2 aromatic heterocycles. The number of aryl methyl sites for hydroxylation is 1. The Morgan fingerprint density at radius 2 is 1.93 bits per heavy atom. The fraction of sp³-hybridized carbons (Fsp3) is 0.353. The van der Waals surface area contributed by atoms with Crippen LogP contribution in [0.25, 0.3) is 11.1 Å². The van der Waals surface area contributed by atoms with Gasteiger partial charge in [-0.05, 0) is 24.6 Å². The van der Waals surface area contributed by atoms with E-state index in [1.54, 1.807) is 12.1 Å². The van der Waals surface area contributed by atoms with Crippen molar-refractivity contribution in [3.05, 3.63) is 40.9 Å². The van der Waals surface area contributed by atoms with Gasteiger partial charge in [0.05, 0.1) is 24.1 Å². The molecular formula is C17H18N4O6S. The molecule has 1 aliphatic heterocycles. The molecule has 148 valence electrons. The van der Waals surface area contributed by atoms with Crippen molar-refractivity contribution in [3.63, 3.8) is 0 Å². The number of oxazole rings is 1. The maximum Gasteiger partial charge on any atom is 0.419 e. The monoisotopic (exact) mass is 406 g/mol. The van der Waals surface area contributed by atoms with Crippen molar-refractivity contribution in [2.75, 3.05) is 20.2 Å². The first-order valence-electron chi connectivity index (χ1n) is 8.52. The van der Waals surface area contributed by atoms with Crippen molar-refractivity contribution in [1.82, 2.24) is 19.1 Å². The van der Waals surface area contributed by atoms with Crippen LogP contribution in [0.3, 0.4) is 0 Å². The Morgan fingerprint density at radius 1 is 1.18 bits per heavy atom. The van der Waals surface area contributed by atoms with Crippen LogP contribution in [-0.2, 0) is 17.1 Å². The lowest BCUT2D eigenvalue weighted by Crippen LogP contribution is -2.31. The van der Waals surface area contributed by atoms with Crippen LogP contribution in [0.4, 0.5) is 0 Å². The Bertz CT molecular complexity index is 1170. The minimum absolute atomic E-state index is 0.0984. The van der Waals surface area contributed by atoms with Crippen LogP contribution >= 0.6 is 0 Å². The summed E-state index contributed by atoms with van der Waals surface area (Å²) >= 11 is 0. The molecule has 1 unspecified atom stereocenters. The van der Waals surface area contributed by atoms with E-state index >= 15 is 0 Å². The van der Waals surface area contributed by atoms with Crippen LogP contribution in [-0.4, -0.2) is 53.8 Å². The van der Waals surface area contributed by atoms with Crippen molar-refractivity contribution in [2.45, 2.75) is 17.4 Å². The average molecular weight is 406 g/mol. The van der Waals surface area contributed by atoms with Crippen molar-refractivity contribution in [2.24, 2.45) is 7.05 Å². The summed E-state index contributed by atoms with van der Waals surface area (Å²) in [4.78, 5) is 11.7. The standard InChI is InChI=1S/C17H18N4O6S/c1-20-13-9-12(3-4-14(13)27-17(20)22)28(23,24)21-8-7-11(10-21)26-16-6-5-15(25-2)18-19-16/h3-6,9,11H,7-8,10H2,1-2H3. The highest BCUT2D eigenvalue weighted by Gasteiger charge is 2.34.